The second-order valence-electron chi connectivity index (χ2n) is 7.27. The largest absolute Gasteiger partial charge is 0.460 e. The Morgan fingerprint density at radius 2 is 1.66 bits per heavy atom. The van der Waals surface area contributed by atoms with E-state index < -0.39 is 46.6 Å². The van der Waals surface area contributed by atoms with Crippen molar-refractivity contribution in [2.75, 3.05) is 6.61 Å². The van der Waals surface area contributed by atoms with E-state index >= 15 is 0 Å². The molecule has 0 amide bonds. The quantitative estimate of drug-likeness (QED) is 0.258. The van der Waals surface area contributed by atoms with E-state index in [9.17, 15) is 34.9 Å². The molecule has 0 aliphatic carbocycles. The molecular formula is C20H23N3O9. The van der Waals surface area contributed by atoms with Gasteiger partial charge in [-0.15, -0.1) is 0 Å². The Morgan fingerprint density at radius 1 is 1.09 bits per heavy atom. The molecule has 32 heavy (non-hydrogen) atoms. The highest BCUT2D eigenvalue weighted by Gasteiger charge is 2.41. The van der Waals surface area contributed by atoms with Crippen molar-refractivity contribution >= 4 is 17.6 Å². The Balaban J connectivity index is 2.64. The Labute approximate surface area is 182 Å². The molecule has 172 valence electrons. The molecule has 1 aromatic rings. The maximum absolute atomic E-state index is 12.9. The van der Waals surface area contributed by atoms with Crippen molar-refractivity contribution in [1.82, 2.24) is 5.32 Å². The Kier molecular flexibility index (Phi) is 7.65. The van der Waals surface area contributed by atoms with Crippen molar-refractivity contribution < 1.29 is 34.0 Å². The molecular weight excluding hydrogens is 426 g/mol. The van der Waals surface area contributed by atoms with Crippen LogP contribution in [0.2, 0.25) is 0 Å². The number of aliphatic hydroxyl groups is 1. The van der Waals surface area contributed by atoms with Crippen LogP contribution in [-0.4, -0.2) is 45.8 Å². The minimum Gasteiger partial charge on any atom is -0.460 e. The van der Waals surface area contributed by atoms with Crippen molar-refractivity contribution in [3.63, 3.8) is 0 Å². The molecule has 1 aliphatic heterocycles. The van der Waals surface area contributed by atoms with Gasteiger partial charge >= 0.3 is 18.2 Å². The first kappa shape index (κ1) is 24.5. The summed E-state index contributed by atoms with van der Waals surface area (Å²) in [5.74, 6) is -3.12. The van der Waals surface area contributed by atoms with Crippen molar-refractivity contribution in [1.29, 1.82) is 0 Å². The summed E-state index contributed by atoms with van der Waals surface area (Å²) < 4.78 is 10.2. The number of carbonyl (C=O) groups is 2. The van der Waals surface area contributed by atoms with Gasteiger partial charge < -0.3 is 19.9 Å². The maximum Gasteiger partial charge on any atom is 0.347 e. The topological polar surface area (TPSA) is 171 Å². The van der Waals surface area contributed by atoms with Crippen LogP contribution in [0.15, 0.2) is 46.8 Å². The second-order valence-corrected chi connectivity index (χ2v) is 7.27. The molecule has 0 bridgehead atoms. The first-order valence-electron chi connectivity index (χ1n) is 9.57. The van der Waals surface area contributed by atoms with Crippen LogP contribution in [0.3, 0.4) is 0 Å². The van der Waals surface area contributed by atoms with Gasteiger partial charge in [0.05, 0.1) is 33.0 Å². The number of hydrogen-bond donors (Lipinski definition) is 2. The van der Waals surface area contributed by atoms with Gasteiger partial charge in [0.15, 0.2) is 6.61 Å². The van der Waals surface area contributed by atoms with Crippen LogP contribution in [0.4, 0.5) is 5.69 Å². The number of allylic oxidation sites excluding steroid dienone is 2. The van der Waals surface area contributed by atoms with Crippen molar-refractivity contribution in [2.24, 2.45) is 0 Å². The van der Waals surface area contributed by atoms with Crippen LogP contribution in [0.1, 0.15) is 39.2 Å². The van der Waals surface area contributed by atoms with Crippen molar-refractivity contribution in [3.8, 4) is 0 Å². The average molecular weight is 449 g/mol. The normalized spacial score (nSPS) is 17.0. The molecule has 2 unspecified atom stereocenters. The standard InChI is InChI=1S/C20H23N3O9/c1-10(2)32-20(26)17-12(4)21-11(3)16(19(25)31-9-15(24)23(29)30)18(17)13-7-5-6-8-14(13)22(27)28/h5-8,10,15,18,21,24H,9H2,1-4H3. The van der Waals surface area contributed by atoms with Gasteiger partial charge in [-0.2, -0.15) is 0 Å². The molecule has 1 heterocycles. The highest BCUT2D eigenvalue weighted by Crippen LogP contribution is 2.42. The number of ether oxygens (including phenoxy) is 2. The van der Waals surface area contributed by atoms with E-state index in [2.05, 4.69) is 5.32 Å². The summed E-state index contributed by atoms with van der Waals surface area (Å²) in [6, 6.07) is 5.58. The fraction of sp³-hybridized carbons (Fsp3) is 0.400. The van der Waals surface area contributed by atoms with Crippen LogP contribution in [0.5, 0.6) is 0 Å². The van der Waals surface area contributed by atoms with Crippen LogP contribution >= 0.6 is 0 Å². The lowest BCUT2D eigenvalue weighted by Gasteiger charge is -2.30. The average Bonchev–Trinajstić information content (AvgIpc) is 2.70. The third kappa shape index (κ3) is 5.27. The molecule has 12 heteroatoms. The molecule has 12 nitrogen and oxygen atoms in total. The van der Waals surface area contributed by atoms with E-state index in [0.29, 0.717) is 5.70 Å². The Bertz CT molecular complexity index is 1010. The fourth-order valence-corrected chi connectivity index (χ4v) is 3.31. The molecule has 2 atom stereocenters. The lowest BCUT2D eigenvalue weighted by Crippen LogP contribution is -2.34. The third-order valence-electron chi connectivity index (χ3n) is 4.59. The number of nitrogens with one attached hydrogen (secondary N) is 1. The SMILES string of the molecule is CC1=C(C(=O)OCC(O)[N+](=O)[O-])C(c2ccccc2[N+](=O)[O-])C(C(=O)OC(C)C)=C(C)N1. The number of hydrogen-bond acceptors (Lipinski definition) is 10. The molecule has 2 N–H and O–H groups in total. The summed E-state index contributed by atoms with van der Waals surface area (Å²) >= 11 is 0. The maximum atomic E-state index is 12.9. The van der Waals surface area contributed by atoms with E-state index in [-0.39, 0.29) is 28.1 Å². The zero-order valence-corrected chi connectivity index (χ0v) is 17.9. The number of dihydropyridines is 1. The fourth-order valence-electron chi connectivity index (χ4n) is 3.31. The number of nitro groups is 2. The first-order chi connectivity index (χ1) is 15.0. The van der Waals surface area contributed by atoms with Gasteiger partial charge in [-0.05, 0) is 27.7 Å². The van der Waals surface area contributed by atoms with E-state index in [0.717, 1.165) is 0 Å². The van der Waals surface area contributed by atoms with Crippen LogP contribution < -0.4 is 5.32 Å². The van der Waals surface area contributed by atoms with Crippen LogP contribution in [0, 0.1) is 20.2 Å². The first-order valence-corrected chi connectivity index (χ1v) is 9.57. The van der Waals surface area contributed by atoms with E-state index in [1.807, 2.05) is 0 Å². The molecule has 1 aromatic carbocycles. The van der Waals surface area contributed by atoms with Gasteiger partial charge in [-0.25, -0.2) is 9.59 Å². The summed E-state index contributed by atoms with van der Waals surface area (Å²) in [6.45, 7) is 5.36. The summed E-state index contributed by atoms with van der Waals surface area (Å²) in [5, 5.41) is 34.5. The van der Waals surface area contributed by atoms with Gasteiger partial charge in [0.2, 0.25) is 0 Å². The third-order valence-corrected chi connectivity index (χ3v) is 4.59. The highest BCUT2D eigenvalue weighted by molar-refractivity contribution is 6.00. The van der Waals surface area contributed by atoms with E-state index in [1.54, 1.807) is 20.8 Å². The Morgan fingerprint density at radius 3 is 2.19 bits per heavy atom. The lowest BCUT2D eigenvalue weighted by molar-refractivity contribution is -0.572. The van der Waals surface area contributed by atoms with Gasteiger partial charge in [0, 0.05) is 23.0 Å². The van der Waals surface area contributed by atoms with Crippen LogP contribution in [0.25, 0.3) is 0 Å². The number of nitrogens with zero attached hydrogens (tertiary/aromatic N) is 2. The molecule has 1 aliphatic rings. The van der Waals surface area contributed by atoms with Crippen molar-refractivity contribution in [3.05, 3.63) is 72.6 Å². The molecule has 0 saturated heterocycles. The van der Waals surface area contributed by atoms with Gasteiger partial charge in [0.1, 0.15) is 0 Å². The number of esters is 2. The minimum atomic E-state index is -2.15. The van der Waals surface area contributed by atoms with E-state index in [1.165, 1.54) is 31.2 Å². The highest BCUT2D eigenvalue weighted by atomic mass is 16.7. The second kappa shape index (κ2) is 10.0. The number of nitro benzene ring substituents is 1. The zero-order chi connectivity index (χ0) is 24.2. The monoisotopic (exact) mass is 449 g/mol. The number of benzene rings is 1. The number of rotatable bonds is 8. The predicted octanol–water partition coefficient (Wildman–Crippen LogP) is 1.92. The van der Waals surface area contributed by atoms with Gasteiger partial charge in [-0.3, -0.25) is 20.2 Å². The number of para-hydroxylation sites is 1. The molecule has 0 fully saturated rings. The Hall–Kier alpha value is -3.80. The minimum absolute atomic E-state index is 0.0372. The lowest BCUT2D eigenvalue weighted by atomic mass is 9.79. The molecule has 0 radical (unpaired) electrons. The van der Waals surface area contributed by atoms with Crippen molar-refractivity contribution in [2.45, 2.75) is 45.9 Å². The van der Waals surface area contributed by atoms with E-state index in [4.69, 9.17) is 9.47 Å². The zero-order valence-electron chi connectivity index (χ0n) is 17.9. The van der Waals surface area contributed by atoms with Gasteiger partial charge in [-0.1, -0.05) is 18.2 Å². The van der Waals surface area contributed by atoms with Gasteiger partial charge in [0.25, 0.3) is 5.69 Å². The number of carbonyl (C=O) groups excluding carboxylic acids is 2. The smallest absolute Gasteiger partial charge is 0.347 e. The predicted molar refractivity (Wildman–Crippen MR) is 110 cm³/mol. The number of aliphatic hydroxyl groups excluding tert-OH is 1. The molecule has 0 aromatic heterocycles. The molecule has 0 saturated carbocycles. The summed E-state index contributed by atoms with van der Waals surface area (Å²) in [4.78, 5) is 46.4. The summed E-state index contributed by atoms with van der Waals surface area (Å²) in [7, 11) is 0. The summed E-state index contributed by atoms with van der Waals surface area (Å²) in [5.41, 5.74) is 0.0303. The molecule has 0 spiro atoms. The van der Waals surface area contributed by atoms with Crippen LogP contribution in [-0.2, 0) is 19.1 Å². The summed E-state index contributed by atoms with van der Waals surface area (Å²) in [6.07, 6.45) is -2.66. The molecule has 2 rings (SSSR count).